The number of nitrogens with zero attached hydrogens (tertiary/aromatic N) is 2. The molecule has 0 aromatic carbocycles. The fraction of sp³-hybridized carbons (Fsp3) is 0.688. The highest BCUT2D eigenvalue weighted by Crippen LogP contribution is 2.40. The molecule has 2 heterocycles. The zero-order chi connectivity index (χ0) is 13.3. The van der Waals surface area contributed by atoms with Crippen LogP contribution in [0.3, 0.4) is 0 Å². The molecule has 0 amide bonds. The van der Waals surface area contributed by atoms with Crippen LogP contribution in [0.15, 0.2) is 18.3 Å². The maximum atomic E-state index is 4.55. The molecule has 1 aliphatic heterocycles. The minimum atomic E-state index is 0.319. The van der Waals surface area contributed by atoms with Crippen molar-refractivity contribution in [3.8, 4) is 0 Å². The Morgan fingerprint density at radius 3 is 3.05 bits per heavy atom. The van der Waals surface area contributed by atoms with Gasteiger partial charge < -0.3 is 5.32 Å². The molecule has 1 aliphatic carbocycles. The largest absolute Gasteiger partial charge is 0.310 e. The molecule has 19 heavy (non-hydrogen) atoms. The topological polar surface area (TPSA) is 28.2 Å². The molecule has 0 spiro atoms. The third-order valence-electron chi connectivity index (χ3n) is 4.70. The molecule has 104 valence electrons. The molecule has 1 atom stereocenters. The van der Waals surface area contributed by atoms with Crippen molar-refractivity contribution in [2.45, 2.75) is 45.2 Å². The number of aryl methyl sites for hydroxylation is 1. The Kier molecular flexibility index (Phi) is 3.59. The zero-order valence-electron chi connectivity index (χ0n) is 12.2. The van der Waals surface area contributed by atoms with Crippen LogP contribution in [0.25, 0.3) is 0 Å². The van der Waals surface area contributed by atoms with Gasteiger partial charge in [-0.05, 0) is 63.7 Å². The van der Waals surface area contributed by atoms with E-state index in [4.69, 9.17) is 0 Å². The van der Waals surface area contributed by atoms with Crippen LogP contribution in [0.4, 0.5) is 0 Å². The Hall–Kier alpha value is -0.930. The van der Waals surface area contributed by atoms with Gasteiger partial charge in [0.2, 0.25) is 0 Å². The van der Waals surface area contributed by atoms with E-state index in [-0.39, 0.29) is 0 Å². The van der Waals surface area contributed by atoms with Crippen molar-refractivity contribution < 1.29 is 0 Å². The number of hydrogen-bond acceptors (Lipinski definition) is 3. The molecule has 1 aromatic heterocycles. The zero-order valence-corrected chi connectivity index (χ0v) is 12.2. The molecule has 0 bridgehead atoms. The van der Waals surface area contributed by atoms with Gasteiger partial charge in [-0.2, -0.15) is 0 Å². The van der Waals surface area contributed by atoms with Gasteiger partial charge in [-0.1, -0.05) is 6.07 Å². The van der Waals surface area contributed by atoms with Gasteiger partial charge in [-0.25, -0.2) is 0 Å². The first-order valence-electron chi connectivity index (χ1n) is 7.55. The van der Waals surface area contributed by atoms with Gasteiger partial charge in [0.25, 0.3) is 0 Å². The highest BCUT2D eigenvalue weighted by molar-refractivity contribution is 5.17. The molecular weight excluding hydrogens is 234 g/mol. The Morgan fingerprint density at radius 2 is 2.32 bits per heavy atom. The molecule has 2 aliphatic rings. The van der Waals surface area contributed by atoms with Crippen LogP contribution >= 0.6 is 0 Å². The molecule has 1 N–H and O–H groups in total. The first kappa shape index (κ1) is 13.1. The number of aromatic nitrogens is 1. The van der Waals surface area contributed by atoms with Crippen molar-refractivity contribution in [1.82, 2.24) is 15.2 Å². The second kappa shape index (κ2) is 5.22. The number of pyridine rings is 1. The second-order valence-electron chi connectivity index (χ2n) is 6.45. The molecule has 3 rings (SSSR count). The van der Waals surface area contributed by atoms with Gasteiger partial charge in [0, 0.05) is 24.8 Å². The first-order chi connectivity index (χ1) is 9.17. The van der Waals surface area contributed by atoms with Gasteiger partial charge >= 0.3 is 0 Å². The molecule has 1 saturated carbocycles. The van der Waals surface area contributed by atoms with Crippen LogP contribution in [0.5, 0.6) is 0 Å². The Morgan fingerprint density at radius 1 is 1.47 bits per heavy atom. The Bertz CT molecular complexity index is 441. The van der Waals surface area contributed by atoms with Crippen molar-refractivity contribution in [2.24, 2.45) is 5.92 Å². The summed E-state index contributed by atoms with van der Waals surface area (Å²) in [5.41, 5.74) is 2.87. The van der Waals surface area contributed by atoms with Gasteiger partial charge in [0.05, 0.1) is 5.69 Å². The van der Waals surface area contributed by atoms with Crippen molar-refractivity contribution in [3.05, 3.63) is 29.6 Å². The van der Waals surface area contributed by atoms with Crippen molar-refractivity contribution in [3.63, 3.8) is 0 Å². The fourth-order valence-electron chi connectivity index (χ4n) is 3.30. The minimum Gasteiger partial charge on any atom is -0.310 e. The number of hydrogen-bond donors (Lipinski definition) is 1. The van der Waals surface area contributed by atoms with E-state index in [1.165, 1.54) is 37.1 Å². The summed E-state index contributed by atoms with van der Waals surface area (Å²) in [6, 6.07) is 4.19. The van der Waals surface area contributed by atoms with Crippen molar-refractivity contribution in [1.29, 1.82) is 0 Å². The molecular formula is C16H25N3. The summed E-state index contributed by atoms with van der Waals surface area (Å²) < 4.78 is 0. The normalized spacial score (nSPS) is 29.2. The van der Waals surface area contributed by atoms with E-state index in [0.29, 0.717) is 5.54 Å². The van der Waals surface area contributed by atoms with E-state index >= 15 is 0 Å². The fourth-order valence-corrected chi connectivity index (χ4v) is 3.30. The monoisotopic (exact) mass is 259 g/mol. The predicted molar refractivity (Wildman–Crippen MR) is 78.0 cm³/mol. The van der Waals surface area contributed by atoms with Crippen LogP contribution in [0, 0.1) is 12.8 Å². The van der Waals surface area contributed by atoms with Gasteiger partial charge in [0.15, 0.2) is 0 Å². The standard InChI is InChI=1S/C16H25N3/c1-13-5-3-8-17-15(13)11-19-10-4-9-18-16(2,12-19)14-6-7-14/h3,5,8,14,18H,4,6-7,9-12H2,1-2H3. The summed E-state index contributed by atoms with van der Waals surface area (Å²) in [7, 11) is 0. The first-order valence-corrected chi connectivity index (χ1v) is 7.55. The molecule has 1 aromatic rings. The average Bonchev–Trinajstić information content (AvgIpc) is 3.20. The predicted octanol–water partition coefficient (Wildman–Crippen LogP) is 2.35. The van der Waals surface area contributed by atoms with E-state index < -0.39 is 0 Å². The second-order valence-corrected chi connectivity index (χ2v) is 6.45. The molecule has 3 nitrogen and oxygen atoms in total. The lowest BCUT2D eigenvalue weighted by Gasteiger charge is -2.34. The Balaban J connectivity index is 1.71. The van der Waals surface area contributed by atoms with Gasteiger partial charge in [-0.3, -0.25) is 9.88 Å². The summed E-state index contributed by atoms with van der Waals surface area (Å²) in [5, 5.41) is 3.79. The third-order valence-corrected chi connectivity index (χ3v) is 4.70. The average molecular weight is 259 g/mol. The lowest BCUT2D eigenvalue weighted by molar-refractivity contribution is 0.193. The minimum absolute atomic E-state index is 0.319. The van der Waals surface area contributed by atoms with E-state index in [9.17, 15) is 0 Å². The lowest BCUT2D eigenvalue weighted by atomic mass is 9.95. The summed E-state index contributed by atoms with van der Waals surface area (Å²) in [4.78, 5) is 7.14. The van der Waals surface area contributed by atoms with Crippen LogP contribution in [-0.4, -0.2) is 35.1 Å². The molecule has 3 heteroatoms. The van der Waals surface area contributed by atoms with Crippen LogP contribution in [0.2, 0.25) is 0 Å². The summed E-state index contributed by atoms with van der Waals surface area (Å²) >= 11 is 0. The molecule has 0 radical (unpaired) electrons. The van der Waals surface area contributed by atoms with Gasteiger partial charge in [0.1, 0.15) is 0 Å². The maximum Gasteiger partial charge on any atom is 0.0573 e. The summed E-state index contributed by atoms with van der Waals surface area (Å²) in [5.74, 6) is 0.887. The summed E-state index contributed by atoms with van der Waals surface area (Å²) in [6.45, 7) is 9.08. The molecule has 1 unspecified atom stereocenters. The van der Waals surface area contributed by atoms with E-state index in [0.717, 1.165) is 25.6 Å². The maximum absolute atomic E-state index is 4.55. The van der Waals surface area contributed by atoms with E-state index in [2.05, 4.69) is 35.1 Å². The molecule has 2 fully saturated rings. The quantitative estimate of drug-likeness (QED) is 0.903. The van der Waals surface area contributed by atoms with E-state index in [1.807, 2.05) is 12.3 Å². The highest BCUT2D eigenvalue weighted by atomic mass is 15.2. The third kappa shape index (κ3) is 2.98. The number of nitrogens with one attached hydrogen (secondary N) is 1. The van der Waals surface area contributed by atoms with Crippen LogP contribution in [0.1, 0.15) is 37.4 Å². The smallest absolute Gasteiger partial charge is 0.0573 e. The van der Waals surface area contributed by atoms with E-state index in [1.54, 1.807) is 0 Å². The SMILES string of the molecule is Cc1cccnc1CN1CCCNC(C)(C2CC2)C1. The van der Waals surface area contributed by atoms with Crippen LogP contribution in [-0.2, 0) is 6.54 Å². The highest BCUT2D eigenvalue weighted by Gasteiger charge is 2.42. The number of rotatable bonds is 3. The van der Waals surface area contributed by atoms with Crippen molar-refractivity contribution >= 4 is 0 Å². The van der Waals surface area contributed by atoms with Gasteiger partial charge in [-0.15, -0.1) is 0 Å². The lowest BCUT2D eigenvalue weighted by Crippen LogP contribution is -2.50. The summed E-state index contributed by atoms with van der Waals surface area (Å²) in [6.07, 6.45) is 5.96. The van der Waals surface area contributed by atoms with Crippen LogP contribution < -0.4 is 5.32 Å². The molecule has 1 saturated heterocycles. The van der Waals surface area contributed by atoms with Crippen molar-refractivity contribution in [2.75, 3.05) is 19.6 Å². The Labute approximate surface area is 116 Å².